The Kier molecular flexibility index (Phi) is 3.12. The van der Waals surface area contributed by atoms with Crippen molar-refractivity contribution in [3.63, 3.8) is 0 Å². The smallest absolute Gasteiger partial charge is 0.337 e. The molecule has 0 fully saturated rings. The molecule has 21 heavy (non-hydrogen) atoms. The summed E-state index contributed by atoms with van der Waals surface area (Å²) in [6.07, 6.45) is 2.58. The topological polar surface area (TPSA) is 92.4 Å². The highest BCUT2D eigenvalue weighted by Crippen LogP contribution is 2.20. The Morgan fingerprint density at radius 2 is 1.95 bits per heavy atom. The summed E-state index contributed by atoms with van der Waals surface area (Å²) in [5.74, 6) is -1.42. The first-order chi connectivity index (χ1) is 10.1. The number of carbonyl (C=O) groups is 2. The van der Waals surface area contributed by atoms with E-state index in [1.807, 2.05) is 18.2 Å². The van der Waals surface area contributed by atoms with Crippen molar-refractivity contribution >= 4 is 28.5 Å². The van der Waals surface area contributed by atoms with E-state index in [9.17, 15) is 9.59 Å². The second-order valence-corrected chi connectivity index (χ2v) is 4.37. The molecule has 3 aromatic rings. The number of pyridine rings is 1. The molecule has 6 heteroatoms. The molecular weight excluding hydrogens is 272 g/mol. The minimum atomic E-state index is -1.11. The number of benzene rings is 1. The van der Waals surface area contributed by atoms with Crippen LogP contribution in [0.5, 0.6) is 0 Å². The summed E-state index contributed by atoms with van der Waals surface area (Å²) in [5, 5.41) is 12.3. The van der Waals surface area contributed by atoms with Gasteiger partial charge >= 0.3 is 5.97 Å². The lowest BCUT2D eigenvalue weighted by Crippen LogP contribution is -2.11. The number of aromatic nitrogens is 1. The SMILES string of the molecule is O=C(O)c1cncc(NC(=O)c2cc3ccccc3o2)c1. The number of carbonyl (C=O) groups excluding carboxylic acids is 1. The van der Waals surface area contributed by atoms with Crippen LogP contribution >= 0.6 is 0 Å². The van der Waals surface area contributed by atoms with Crippen LogP contribution in [0.3, 0.4) is 0 Å². The van der Waals surface area contributed by atoms with Gasteiger partial charge in [0.25, 0.3) is 5.91 Å². The number of nitrogens with zero attached hydrogens (tertiary/aromatic N) is 1. The lowest BCUT2D eigenvalue weighted by molar-refractivity contribution is 0.0696. The van der Waals surface area contributed by atoms with Gasteiger partial charge in [0.15, 0.2) is 5.76 Å². The third kappa shape index (κ3) is 2.59. The van der Waals surface area contributed by atoms with E-state index < -0.39 is 11.9 Å². The number of aromatic carboxylic acids is 1. The van der Waals surface area contributed by atoms with E-state index in [0.29, 0.717) is 11.3 Å². The van der Waals surface area contributed by atoms with E-state index in [-0.39, 0.29) is 11.3 Å². The predicted octanol–water partition coefficient (Wildman–Crippen LogP) is 2.78. The van der Waals surface area contributed by atoms with Gasteiger partial charge in [0, 0.05) is 11.6 Å². The normalized spacial score (nSPS) is 10.5. The van der Waals surface area contributed by atoms with Crippen LogP contribution in [0.25, 0.3) is 11.0 Å². The zero-order valence-corrected chi connectivity index (χ0v) is 10.7. The van der Waals surface area contributed by atoms with Crippen LogP contribution in [0.15, 0.2) is 53.2 Å². The standard InChI is InChI=1S/C15H10N2O4/c18-14(13-6-9-3-1-2-4-12(9)21-13)17-11-5-10(15(19)20)7-16-8-11/h1-8H,(H,17,18)(H,19,20). The van der Waals surface area contributed by atoms with Gasteiger partial charge in [-0.25, -0.2) is 4.79 Å². The molecule has 104 valence electrons. The maximum Gasteiger partial charge on any atom is 0.337 e. The van der Waals surface area contributed by atoms with Crippen molar-refractivity contribution in [3.05, 3.63) is 60.1 Å². The zero-order chi connectivity index (χ0) is 14.8. The number of carboxylic acids is 1. The van der Waals surface area contributed by atoms with Gasteiger partial charge in [-0.1, -0.05) is 18.2 Å². The van der Waals surface area contributed by atoms with Gasteiger partial charge in [-0.05, 0) is 18.2 Å². The van der Waals surface area contributed by atoms with Crippen molar-refractivity contribution in [2.75, 3.05) is 5.32 Å². The Balaban J connectivity index is 1.85. The lowest BCUT2D eigenvalue weighted by Gasteiger charge is -2.03. The number of nitrogens with one attached hydrogen (secondary N) is 1. The first kappa shape index (κ1) is 12.9. The second kappa shape index (κ2) is 5.09. The third-order valence-electron chi connectivity index (χ3n) is 2.89. The van der Waals surface area contributed by atoms with E-state index in [1.165, 1.54) is 18.5 Å². The third-order valence-corrected chi connectivity index (χ3v) is 2.89. The molecule has 0 unspecified atom stereocenters. The van der Waals surface area contributed by atoms with E-state index in [2.05, 4.69) is 10.3 Å². The van der Waals surface area contributed by atoms with Crippen LogP contribution in [-0.4, -0.2) is 22.0 Å². The zero-order valence-electron chi connectivity index (χ0n) is 10.7. The van der Waals surface area contributed by atoms with Crippen molar-refractivity contribution in [2.45, 2.75) is 0 Å². The van der Waals surface area contributed by atoms with Crippen molar-refractivity contribution in [1.29, 1.82) is 0 Å². The number of hydrogen-bond acceptors (Lipinski definition) is 4. The molecule has 1 amide bonds. The average Bonchev–Trinajstić information content (AvgIpc) is 2.91. The maximum absolute atomic E-state index is 12.1. The van der Waals surface area contributed by atoms with Crippen LogP contribution in [0, 0.1) is 0 Å². The van der Waals surface area contributed by atoms with Crippen LogP contribution in [0.4, 0.5) is 5.69 Å². The Morgan fingerprint density at radius 1 is 1.14 bits per heavy atom. The molecule has 0 atom stereocenters. The number of amides is 1. The van der Waals surface area contributed by atoms with Gasteiger partial charge in [0.1, 0.15) is 5.58 Å². The fourth-order valence-electron chi connectivity index (χ4n) is 1.91. The summed E-state index contributed by atoms with van der Waals surface area (Å²) in [6.45, 7) is 0. The Morgan fingerprint density at radius 3 is 2.71 bits per heavy atom. The number of fused-ring (bicyclic) bond motifs is 1. The number of anilines is 1. The minimum absolute atomic E-state index is 0.00240. The summed E-state index contributed by atoms with van der Waals surface area (Å²) >= 11 is 0. The molecule has 0 aliphatic rings. The van der Waals surface area contributed by atoms with Gasteiger partial charge in [0.2, 0.25) is 0 Å². The molecule has 6 nitrogen and oxygen atoms in total. The van der Waals surface area contributed by atoms with Gasteiger partial charge in [-0.2, -0.15) is 0 Å². The van der Waals surface area contributed by atoms with E-state index in [0.717, 1.165) is 5.39 Å². The number of rotatable bonds is 3. The number of furan rings is 1. The largest absolute Gasteiger partial charge is 0.478 e. The van der Waals surface area contributed by atoms with Crippen LogP contribution in [0.2, 0.25) is 0 Å². The van der Waals surface area contributed by atoms with Crippen molar-refractivity contribution in [2.24, 2.45) is 0 Å². The average molecular weight is 282 g/mol. The molecular formula is C15H10N2O4. The molecule has 1 aromatic carbocycles. The Bertz CT molecular complexity index is 805. The molecule has 0 bridgehead atoms. The quantitative estimate of drug-likeness (QED) is 0.770. The molecule has 3 rings (SSSR count). The molecule has 0 aliphatic heterocycles. The van der Waals surface area contributed by atoms with Gasteiger partial charge in [-0.15, -0.1) is 0 Å². The van der Waals surface area contributed by atoms with E-state index in [4.69, 9.17) is 9.52 Å². The van der Waals surface area contributed by atoms with Crippen LogP contribution in [0.1, 0.15) is 20.9 Å². The molecule has 2 N–H and O–H groups in total. The molecule has 2 aromatic heterocycles. The molecule has 0 aliphatic carbocycles. The van der Waals surface area contributed by atoms with E-state index >= 15 is 0 Å². The fourth-order valence-corrected chi connectivity index (χ4v) is 1.91. The highest BCUT2D eigenvalue weighted by atomic mass is 16.4. The molecule has 0 saturated heterocycles. The van der Waals surface area contributed by atoms with Crippen LogP contribution in [-0.2, 0) is 0 Å². The summed E-state index contributed by atoms with van der Waals surface area (Å²) in [4.78, 5) is 26.7. The number of hydrogen-bond donors (Lipinski definition) is 2. The maximum atomic E-state index is 12.1. The molecule has 2 heterocycles. The van der Waals surface area contributed by atoms with Gasteiger partial charge < -0.3 is 14.8 Å². The highest BCUT2D eigenvalue weighted by molar-refractivity contribution is 6.05. The van der Waals surface area contributed by atoms with Crippen molar-refractivity contribution in [3.8, 4) is 0 Å². The lowest BCUT2D eigenvalue weighted by atomic mass is 10.2. The summed E-state index contributed by atoms with van der Waals surface area (Å²) in [7, 11) is 0. The second-order valence-electron chi connectivity index (χ2n) is 4.37. The molecule has 0 saturated carbocycles. The first-order valence-electron chi connectivity index (χ1n) is 6.12. The van der Waals surface area contributed by atoms with Crippen LogP contribution < -0.4 is 5.32 Å². The Hall–Kier alpha value is -3.15. The molecule has 0 spiro atoms. The minimum Gasteiger partial charge on any atom is -0.478 e. The Labute approximate surface area is 119 Å². The fraction of sp³-hybridized carbons (Fsp3) is 0. The monoisotopic (exact) mass is 282 g/mol. The first-order valence-corrected chi connectivity index (χ1v) is 6.12. The molecule has 0 radical (unpaired) electrons. The van der Waals surface area contributed by atoms with Gasteiger partial charge in [-0.3, -0.25) is 9.78 Å². The highest BCUT2D eigenvalue weighted by Gasteiger charge is 2.13. The van der Waals surface area contributed by atoms with E-state index in [1.54, 1.807) is 12.1 Å². The predicted molar refractivity (Wildman–Crippen MR) is 75.4 cm³/mol. The summed E-state index contributed by atoms with van der Waals surface area (Å²) < 4.78 is 5.43. The number of carboxylic acid groups (broad SMARTS) is 1. The summed E-state index contributed by atoms with van der Waals surface area (Å²) in [6, 6.07) is 10.2. The van der Waals surface area contributed by atoms with Gasteiger partial charge in [0.05, 0.1) is 17.4 Å². The van der Waals surface area contributed by atoms with Crippen molar-refractivity contribution in [1.82, 2.24) is 4.98 Å². The summed E-state index contributed by atoms with van der Waals surface area (Å²) in [5.41, 5.74) is 0.901. The van der Waals surface area contributed by atoms with Crippen molar-refractivity contribution < 1.29 is 19.1 Å². The number of para-hydroxylation sites is 1.